The summed E-state index contributed by atoms with van der Waals surface area (Å²) >= 11 is 0. The van der Waals surface area contributed by atoms with Crippen LogP contribution in [0, 0.1) is 5.82 Å². The van der Waals surface area contributed by atoms with Crippen molar-refractivity contribution in [3.8, 4) is 11.1 Å². The number of carbonyl (C=O) groups is 1. The predicted octanol–water partition coefficient (Wildman–Crippen LogP) is 4.18. The van der Waals surface area contributed by atoms with Gasteiger partial charge in [0.2, 0.25) is 5.91 Å². The zero-order valence-corrected chi connectivity index (χ0v) is 13.1. The monoisotopic (exact) mass is 323 g/mol. The van der Waals surface area contributed by atoms with E-state index in [1.165, 1.54) is 6.07 Å². The van der Waals surface area contributed by atoms with Gasteiger partial charge in [-0.05, 0) is 30.0 Å². The smallest absolute Gasteiger partial charge is 0.224 e. The van der Waals surface area contributed by atoms with Gasteiger partial charge in [0, 0.05) is 18.2 Å². The number of anilines is 1. The van der Waals surface area contributed by atoms with Crippen LogP contribution in [0.25, 0.3) is 11.1 Å². The maximum absolute atomic E-state index is 13.8. The molecule has 0 aliphatic rings. The number of aromatic nitrogens is 2. The quantitative estimate of drug-likeness (QED) is 0.715. The summed E-state index contributed by atoms with van der Waals surface area (Å²) in [6.07, 6.45) is 5.21. The van der Waals surface area contributed by atoms with Crippen molar-refractivity contribution in [2.75, 3.05) is 5.32 Å². The Labute approximate surface area is 139 Å². The van der Waals surface area contributed by atoms with Crippen LogP contribution in [0.15, 0.2) is 60.9 Å². The molecule has 5 heteroatoms. The number of amides is 1. The van der Waals surface area contributed by atoms with Crippen LogP contribution in [-0.2, 0) is 11.2 Å². The molecule has 24 heavy (non-hydrogen) atoms. The second-order valence-electron chi connectivity index (χ2n) is 5.57. The van der Waals surface area contributed by atoms with Crippen molar-refractivity contribution in [3.63, 3.8) is 0 Å². The van der Waals surface area contributed by atoms with E-state index >= 15 is 0 Å². The number of H-pyrrole nitrogens is 1. The van der Waals surface area contributed by atoms with Crippen LogP contribution in [0.4, 0.5) is 10.1 Å². The van der Waals surface area contributed by atoms with E-state index in [0.29, 0.717) is 17.7 Å². The van der Waals surface area contributed by atoms with E-state index in [1.807, 2.05) is 30.3 Å². The Hall–Kier alpha value is -2.95. The van der Waals surface area contributed by atoms with Crippen molar-refractivity contribution in [1.29, 1.82) is 0 Å². The number of nitrogens with zero attached hydrogens (tertiary/aromatic N) is 1. The number of aryl methyl sites for hydroxylation is 1. The molecule has 1 amide bonds. The molecule has 1 aromatic heterocycles. The molecule has 0 bridgehead atoms. The minimum absolute atomic E-state index is 0.0284. The summed E-state index contributed by atoms with van der Waals surface area (Å²) in [7, 11) is 0. The molecular formula is C19H18FN3O. The highest BCUT2D eigenvalue weighted by Crippen LogP contribution is 2.23. The van der Waals surface area contributed by atoms with E-state index < -0.39 is 0 Å². The lowest BCUT2D eigenvalue weighted by Gasteiger charge is -2.06. The molecule has 0 radical (unpaired) electrons. The Kier molecular flexibility index (Phi) is 5.01. The zero-order chi connectivity index (χ0) is 16.8. The summed E-state index contributed by atoms with van der Waals surface area (Å²) < 4.78 is 13.8. The largest absolute Gasteiger partial charge is 0.323 e. The summed E-state index contributed by atoms with van der Waals surface area (Å²) in [5.41, 5.74) is 3.26. The third kappa shape index (κ3) is 4.07. The minimum atomic E-state index is -0.221. The average Bonchev–Trinajstić information content (AvgIpc) is 3.09. The molecule has 0 saturated heterocycles. The molecule has 1 heterocycles. The van der Waals surface area contributed by atoms with Gasteiger partial charge in [-0.2, -0.15) is 5.10 Å². The number of halogens is 1. The first kappa shape index (κ1) is 15.9. The Morgan fingerprint density at radius 3 is 2.62 bits per heavy atom. The molecular weight excluding hydrogens is 305 g/mol. The van der Waals surface area contributed by atoms with E-state index in [-0.39, 0.29) is 11.7 Å². The SMILES string of the molecule is O=C(CCCc1ccc(-c2ccccc2F)cc1)Nc1cn[nH]c1. The van der Waals surface area contributed by atoms with Gasteiger partial charge in [-0.1, -0.05) is 42.5 Å². The highest BCUT2D eigenvalue weighted by Gasteiger charge is 2.05. The van der Waals surface area contributed by atoms with Crippen LogP contribution in [0.1, 0.15) is 18.4 Å². The Morgan fingerprint density at radius 1 is 1.12 bits per heavy atom. The van der Waals surface area contributed by atoms with Gasteiger partial charge >= 0.3 is 0 Å². The summed E-state index contributed by atoms with van der Waals surface area (Å²) in [6.45, 7) is 0. The molecule has 2 N–H and O–H groups in total. The standard InChI is InChI=1S/C19H18FN3O/c20-18-6-2-1-5-17(18)15-10-8-14(9-11-15)4-3-7-19(24)23-16-12-21-22-13-16/h1-2,5-6,8-13H,3-4,7H2,(H,21,22)(H,23,24). The molecule has 3 rings (SSSR count). The molecule has 3 aromatic rings. The van der Waals surface area contributed by atoms with Gasteiger partial charge in [-0.15, -0.1) is 0 Å². The third-order valence-corrected chi connectivity index (χ3v) is 3.79. The van der Waals surface area contributed by atoms with E-state index in [4.69, 9.17) is 0 Å². The number of aromatic amines is 1. The normalized spacial score (nSPS) is 10.5. The Morgan fingerprint density at radius 2 is 1.92 bits per heavy atom. The van der Waals surface area contributed by atoms with Crippen molar-refractivity contribution < 1.29 is 9.18 Å². The van der Waals surface area contributed by atoms with Gasteiger partial charge in [0.15, 0.2) is 0 Å². The van der Waals surface area contributed by atoms with Crippen LogP contribution in [0.3, 0.4) is 0 Å². The van der Waals surface area contributed by atoms with Crippen molar-refractivity contribution in [2.24, 2.45) is 0 Å². The fourth-order valence-corrected chi connectivity index (χ4v) is 2.54. The number of hydrogen-bond acceptors (Lipinski definition) is 2. The van der Waals surface area contributed by atoms with Crippen LogP contribution in [0.5, 0.6) is 0 Å². The van der Waals surface area contributed by atoms with Crippen LogP contribution in [-0.4, -0.2) is 16.1 Å². The van der Waals surface area contributed by atoms with E-state index in [2.05, 4.69) is 15.5 Å². The van der Waals surface area contributed by atoms with Crippen molar-refractivity contribution in [2.45, 2.75) is 19.3 Å². The minimum Gasteiger partial charge on any atom is -0.323 e. The highest BCUT2D eigenvalue weighted by molar-refractivity contribution is 5.90. The van der Waals surface area contributed by atoms with Gasteiger partial charge in [0.1, 0.15) is 5.82 Å². The van der Waals surface area contributed by atoms with Gasteiger partial charge in [-0.3, -0.25) is 9.89 Å². The van der Waals surface area contributed by atoms with Gasteiger partial charge < -0.3 is 5.32 Å². The van der Waals surface area contributed by atoms with Crippen molar-refractivity contribution >= 4 is 11.6 Å². The molecule has 0 aliphatic carbocycles. The Bertz CT molecular complexity index is 798. The molecule has 122 valence electrons. The fourth-order valence-electron chi connectivity index (χ4n) is 2.54. The van der Waals surface area contributed by atoms with Crippen LogP contribution in [0.2, 0.25) is 0 Å². The first-order valence-corrected chi connectivity index (χ1v) is 7.85. The lowest BCUT2D eigenvalue weighted by atomic mass is 10.0. The van der Waals surface area contributed by atoms with Gasteiger partial charge in [0.25, 0.3) is 0 Å². The molecule has 0 aliphatic heterocycles. The first-order valence-electron chi connectivity index (χ1n) is 7.85. The third-order valence-electron chi connectivity index (χ3n) is 3.79. The van der Waals surface area contributed by atoms with Crippen LogP contribution < -0.4 is 5.32 Å². The van der Waals surface area contributed by atoms with E-state index in [9.17, 15) is 9.18 Å². The summed E-state index contributed by atoms with van der Waals surface area (Å²) in [5.74, 6) is -0.249. The molecule has 4 nitrogen and oxygen atoms in total. The molecule has 0 fully saturated rings. The molecule has 0 unspecified atom stereocenters. The van der Waals surface area contributed by atoms with Gasteiger partial charge in [-0.25, -0.2) is 4.39 Å². The lowest BCUT2D eigenvalue weighted by molar-refractivity contribution is -0.116. The second-order valence-corrected chi connectivity index (χ2v) is 5.57. The summed E-state index contributed by atoms with van der Waals surface area (Å²) in [4.78, 5) is 11.8. The van der Waals surface area contributed by atoms with E-state index in [1.54, 1.807) is 24.5 Å². The second kappa shape index (κ2) is 7.55. The summed E-state index contributed by atoms with van der Waals surface area (Å²) in [6, 6.07) is 14.5. The fraction of sp³-hybridized carbons (Fsp3) is 0.158. The number of nitrogens with one attached hydrogen (secondary N) is 2. The molecule has 2 aromatic carbocycles. The van der Waals surface area contributed by atoms with Crippen molar-refractivity contribution in [1.82, 2.24) is 10.2 Å². The van der Waals surface area contributed by atoms with Crippen molar-refractivity contribution in [3.05, 3.63) is 72.3 Å². The highest BCUT2D eigenvalue weighted by atomic mass is 19.1. The maximum Gasteiger partial charge on any atom is 0.224 e. The number of hydrogen-bond donors (Lipinski definition) is 2. The number of carbonyl (C=O) groups excluding carboxylic acids is 1. The molecule has 0 atom stereocenters. The lowest BCUT2D eigenvalue weighted by Crippen LogP contribution is -2.10. The predicted molar refractivity (Wildman–Crippen MR) is 92.0 cm³/mol. The Balaban J connectivity index is 1.51. The molecule has 0 spiro atoms. The van der Waals surface area contributed by atoms with E-state index in [0.717, 1.165) is 24.0 Å². The average molecular weight is 323 g/mol. The van der Waals surface area contributed by atoms with Crippen LogP contribution >= 0.6 is 0 Å². The first-order chi connectivity index (χ1) is 11.7. The topological polar surface area (TPSA) is 57.8 Å². The number of rotatable bonds is 6. The summed E-state index contributed by atoms with van der Waals surface area (Å²) in [5, 5.41) is 9.20. The molecule has 0 saturated carbocycles. The maximum atomic E-state index is 13.8. The number of benzene rings is 2. The zero-order valence-electron chi connectivity index (χ0n) is 13.1. The van der Waals surface area contributed by atoms with Gasteiger partial charge in [0.05, 0.1) is 11.9 Å².